The van der Waals surface area contributed by atoms with Gasteiger partial charge in [-0.1, -0.05) is 36.2 Å². The van der Waals surface area contributed by atoms with Gasteiger partial charge in [-0.25, -0.2) is 0 Å². The first-order chi connectivity index (χ1) is 9.17. The van der Waals surface area contributed by atoms with Crippen LogP contribution < -0.4 is 5.32 Å². The Morgan fingerprint density at radius 3 is 2.32 bits per heavy atom. The Hall–Kier alpha value is -0.860. The summed E-state index contributed by atoms with van der Waals surface area (Å²) in [5.74, 6) is 0. The summed E-state index contributed by atoms with van der Waals surface area (Å²) in [7, 11) is 0. The molecule has 1 aliphatic rings. The predicted octanol–water partition coefficient (Wildman–Crippen LogP) is 3.27. The van der Waals surface area contributed by atoms with Crippen LogP contribution in [0.1, 0.15) is 42.9 Å². The summed E-state index contributed by atoms with van der Waals surface area (Å²) in [4.78, 5) is 2.59. The van der Waals surface area contributed by atoms with Gasteiger partial charge in [-0.2, -0.15) is 0 Å². The molecule has 1 fully saturated rings. The lowest BCUT2D eigenvalue weighted by Gasteiger charge is -2.32. The third kappa shape index (κ3) is 4.63. The van der Waals surface area contributed by atoms with E-state index in [1.165, 1.54) is 55.6 Å². The third-order valence-corrected chi connectivity index (χ3v) is 4.00. The number of hydrogen-bond acceptors (Lipinski definition) is 2. The van der Waals surface area contributed by atoms with Crippen LogP contribution in [-0.2, 0) is 6.54 Å². The van der Waals surface area contributed by atoms with E-state index >= 15 is 0 Å². The summed E-state index contributed by atoms with van der Waals surface area (Å²) < 4.78 is 0. The second-order valence-electron chi connectivity index (χ2n) is 5.99. The van der Waals surface area contributed by atoms with Crippen LogP contribution in [0.5, 0.6) is 0 Å². The van der Waals surface area contributed by atoms with Crippen LogP contribution in [0.15, 0.2) is 18.2 Å². The van der Waals surface area contributed by atoms with Gasteiger partial charge in [0.1, 0.15) is 0 Å². The van der Waals surface area contributed by atoms with Crippen LogP contribution in [0, 0.1) is 13.8 Å². The fourth-order valence-corrected chi connectivity index (χ4v) is 3.11. The predicted molar refractivity (Wildman–Crippen MR) is 82.5 cm³/mol. The molecule has 1 saturated heterocycles. The smallest absolute Gasteiger partial charge is 0.0208 e. The SMILES string of the molecule is CCCN1CCC(NCc2cc(C)cc(C)c2)CC1. The molecule has 1 heterocycles. The van der Waals surface area contributed by atoms with Crippen molar-refractivity contribution in [3.8, 4) is 0 Å². The molecule has 0 aromatic heterocycles. The van der Waals surface area contributed by atoms with E-state index in [1.807, 2.05) is 0 Å². The molecule has 106 valence electrons. The Morgan fingerprint density at radius 1 is 1.11 bits per heavy atom. The average molecular weight is 260 g/mol. The van der Waals surface area contributed by atoms with Crippen LogP contribution in [-0.4, -0.2) is 30.6 Å². The molecular weight excluding hydrogens is 232 g/mol. The molecule has 0 bridgehead atoms. The van der Waals surface area contributed by atoms with Crippen molar-refractivity contribution in [3.63, 3.8) is 0 Å². The summed E-state index contributed by atoms with van der Waals surface area (Å²) >= 11 is 0. The van der Waals surface area contributed by atoms with E-state index in [0.29, 0.717) is 6.04 Å². The van der Waals surface area contributed by atoms with Gasteiger partial charge in [0.05, 0.1) is 0 Å². The van der Waals surface area contributed by atoms with Crippen LogP contribution in [0.2, 0.25) is 0 Å². The highest BCUT2D eigenvalue weighted by Gasteiger charge is 2.17. The minimum atomic E-state index is 0.703. The Balaban J connectivity index is 1.77. The first-order valence-electron chi connectivity index (χ1n) is 7.70. The Labute approximate surface area is 118 Å². The largest absolute Gasteiger partial charge is 0.310 e. The highest BCUT2D eigenvalue weighted by molar-refractivity contribution is 5.28. The Kier molecular flexibility index (Phi) is 5.41. The molecule has 1 N–H and O–H groups in total. The van der Waals surface area contributed by atoms with E-state index in [9.17, 15) is 0 Å². The Bertz CT molecular complexity index is 372. The number of aryl methyl sites for hydroxylation is 2. The molecule has 2 nitrogen and oxygen atoms in total. The molecule has 0 atom stereocenters. The fraction of sp³-hybridized carbons (Fsp3) is 0.647. The van der Waals surface area contributed by atoms with Crippen molar-refractivity contribution >= 4 is 0 Å². The van der Waals surface area contributed by atoms with Crippen molar-refractivity contribution < 1.29 is 0 Å². The fourth-order valence-electron chi connectivity index (χ4n) is 3.11. The lowest BCUT2D eigenvalue weighted by molar-refractivity contribution is 0.197. The highest BCUT2D eigenvalue weighted by Crippen LogP contribution is 2.13. The number of nitrogens with zero attached hydrogens (tertiary/aromatic N) is 1. The summed E-state index contributed by atoms with van der Waals surface area (Å²) in [5.41, 5.74) is 4.16. The highest BCUT2D eigenvalue weighted by atomic mass is 15.1. The number of nitrogens with one attached hydrogen (secondary N) is 1. The molecular formula is C17H28N2. The van der Waals surface area contributed by atoms with Crippen molar-refractivity contribution in [1.82, 2.24) is 10.2 Å². The molecule has 1 aromatic carbocycles. The van der Waals surface area contributed by atoms with E-state index in [1.54, 1.807) is 0 Å². The first-order valence-corrected chi connectivity index (χ1v) is 7.70. The number of rotatable bonds is 5. The minimum Gasteiger partial charge on any atom is -0.310 e. The van der Waals surface area contributed by atoms with Gasteiger partial charge < -0.3 is 10.2 Å². The maximum absolute atomic E-state index is 3.73. The van der Waals surface area contributed by atoms with Crippen LogP contribution in [0.25, 0.3) is 0 Å². The molecule has 0 aliphatic carbocycles. The lowest BCUT2D eigenvalue weighted by Crippen LogP contribution is -2.42. The number of hydrogen-bond donors (Lipinski definition) is 1. The van der Waals surface area contributed by atoms with Gasteiger partial charge in [-0.05, 0) is 58.3 Å². The second-order valence-corrected chi connectivity index (χ2v) is 5.99. The molecule has 0 radical (unpaired) electrons. The van der Waals surface area contributed by atoms with Gasteiger partial charge in [-0.3, -0.25) is 0 Å². The van der Waals surface area contributed by atoms with Crippen molar-refractivity contribution in [3.05, 3.63) is 34.9 Å². The van der Waals surface area contributed by atoms with Crippen LogP contribution in [0.3, 0.4) is 0 Å². The number of piperidine rings is 1. The van der Waals surface area contributed by atoms with Crippen LogP contribution in [0.4, 0.5) is 0 Å². The number of likely N-dealkylation sites (tertiary alicyclic amines) is 1. The zero-order chi connectivity index (χ0) is 13.7. The maximum Gasteiger partial charge on any atom is 0.0208 e. The molecule has 2 rings (SSSR count). The van der Waals surface area contributed by atoms with E-state index in [2.05, 4.69) is 49.2 Å². The van der Waals surface area contributed by atoms with Gasteiger partial charge in [0, 0.05) is 12.6 Å². The van der Waals surface area contributed by atoms with Crippen molar-refractivity contribution in [2.24, 2.45) is 0 Å². The summed E-state index contributed by atoms with van der Waals surface area (Å²) in [6.45, 7) is 11.4. The van der Waals surface area contributed by atoms with Gasteiger partial charge in [-0.15, -0.1) is 0 Å². The van der Waals surface area contributed by atoms with Gasteiger partial charge in [0.2, 0.25) is 0 Å². The molecule has 19 heavy (non-hydrogen) atoms. The molecule has 2 heteroatoms. The zero-order valence-electron chi connectivity index (χ0n) is 12.7. The van der Waals surface area contributed by atoms with Crippen molar-refractivity contribution in [2.75, 3.05) is 19.6 Å². The van der Waals surface area contributed by atoms with Gasteiger partial charge >= 0.3 is 0 Å². The van der Waals surface area contributed by atoms with E-state index in [4.69, 9.17) is 0 Å². The van der Waals surface area contributed by atoms with Crippen molar-refractivity contribution in [2.45, 2.75) is 52.6 Å². The molecule has 1 aliphatic heterocycles. The standard InChI is InChI=1S/C17H28N2/c1-4-7-19-8-5-17(6-9-19)18-13-16-11-14(2)10-15(3)12-16/h10-12,17-18H,4-9,13H2,1-3H3. The number of benzene rings is 1. The first kappa shape index (κ1) is 14.5. The Morgan fingerprint density at radius 2 is 1.74 bits per heavy atom. The monoisotopic (exact) mass is 260 g/mol. The molecule has 1 aromatic rings. The topological polar surface area (TPSA) is 15.3 Å². The maximum atomic E-state index is 3.73. The minimum absolute atomic E-state index is 0.703. The summed E-state index contributed by atoms with van der Waals surface area (Å²) in [6, 6.07) is 7.54. The van der Waals surface area contributed by atoms with Gasteiger partial charge in [0.15, 0.2) is 0 Å². The molecule has 0 unspecified atom stereocenters. The van der Waals surface area contributed by atoms with Crippen LogP contribution >= 0.6 is 0 Å². The lowest BCUT2D eigenvalue weighted by atomic mass is 10.0. The molecule has 0 amide bonds. The second kappa shape index (κ2) is 7.06. The van der Waals surface area contributed by atoms with Gasteiger partial charge in [0.25, 0.3) is 0 Å². The molecule has 0 saturated carbocycles. The molecule has 0 spiro atoms. The van der Waals surface area contributed by atoms with Crippen molar-refractivity contribution in [1.29, 1.82) is 0 Å². The average Bonchev–Trinajstić information content (AvgIpc) is 2.37. The zero-order valence-corrected chi connectivity index (χ0v) is 12.7. The summed E-state index contributed by atoms with van der Waals surface area (Å²) in [5, 5.41) is 3.73. The van der Waals surface area contributed by atoms with E-state index < -0.39 is 0 Å². The summed E-state index contributed by atoms with van der Waals surface area (Å²) in [6.07, 6.45) is 3.87. The van der Waals surface area contributed by atoms with E-state index in [-0.39, 0.29) is 0 Å². The third-order valence-electron chi connectivity index (χ3n) is 4.00. The quantitative estimate of drug-likeness (QED) is 0.874. The van der Waals surface area contributed by atoms with E-state index in [0.717, 1.165) is 6.54 Å². The normalized spacial score (nSPS) is 17.8.